The molecule has 170 valence electrons. The summed E-state index contributed by atoms with van der Waals surface area (Å²) in [6, 6.07) is 0. The van der Waals surface area contributed by atoms with E-state index in [-0.39, 0.29) is 22.3 Å². The number of rotatable bonds is 8. The normalized spacial score (nSPS) is 25.5. The molecule has 0 radical (unpaired) electrons. The van der Waals surface area contributed by atoms with Gasteiger partial charge in [-0.1, -0.05) is 6.08 Å². The number of anilines is 1. The summed E-state index contributed by atoms with van der Waals surface area (Å²) in [6.07, 6.45) is 2.00. The van der Waals surface area contributed by atoms with Crippen LogP contribution in [0.5, 0.6) is 0 Å². The number of nitrogen functional groups attached to an aromatic ring is 1. The zero-order chi connectivity index (χ0) is 23.8. The average Bonchev–Trinajstić information content (AvgIpc) is 3.25. The molecular formula is C18H18ClN5O8. The number of ether oxygens (including phenoxy) is 2. The standard InChI is InChI=1S/C18H18ClN5O8/c1-3-5-18(14(26)27,15(28)29)31-6-8-17(30,4-2)10(25)13(32-8)24-7-21-9-11(20)22-16(19)23-12(9)24/h1,4,7-8,10,13,25,30H,2,5-6H2,(H,26,27)(H,28,29)(H2,20,22,23)/t8-,10+,13-,17-/m1/s1. The number of aliphatic hydroxyl groups excluding tert-OH is 1. The summed E-state index contributed by atoms with van der Waals surface area (Å²) in [5.74, 6) is -1.78. The van der Waals surface area contributed by atoms with Crippen LogP contribution >= 0.6 is 11.6 Å². The largest absolute Gasteiger partial charge is 0.479 e. The Hall–Kier alpha value is -3.28. The molecular weight excluding hydrogens is 450 g/mol. The molecule has 2 aromatic heterocycles. The van der Waals surface area contributed by atoms with Gasteiger partial charge in [-0.05, 0) is 11.6 Å². The van der Waals surface area contributed by atoms with Crippen molar-refractivity contribution in [2.75, 3.05) is 12.3 Å². The van der Waals surface area contributed by atoms with Crippen molar-refractivity contribution in [1.29, 1.82) is 0 Å². The van der Waals surface area contributed by atoms with Crippen molar-refractivity contribution in [2.24, 2.45) is 0 Å². The first-order chi connectivity index (χ1) is 15.0. The van der Waals surface area contributed by atoms with Gasteiger partial charge in [0.25, 0.3) is 5.60 Å². The summed E-state index contributed by atoms with van der Waals surface area (Å²) < 4.78 is 12.1. The number of halogens is 1. The summed E-state index contributed by atoms with van der Waals surface area (Å²) in [5.41, 5.74) is 1.02. The second-order valence-corrected chi connectivity index (χ2v) is 7.22. The molecule has 1 aliphatic rings. The van der Waals surface area contributed by atoms with Gasteiger partial charge in [0.1, 0.15) is 23.3 Å². The number of aliphatic hydroxyl groups is 2. The third-order valence-corrected chi connectivity index (χ3v) is 5.28. The number of carboxylic acids is 2. The van der Waals surface area contributed by atoms with Crippen LogP contribution in [0.3, 0.4) is 0 Å². The van der Waals surface area contributed by atoms with Crippen molar-refractivity contribution in [2.45, 2.75) is 36.1 Å². The highest BCUT2D eigenvalue weighted by Crippen LogP contribution is 2.40. The van der Waals surface area contributed by atoms with Gasteiger partial charge in [-0.2, -0.15) is 9.97 Å². The second-order valence-electron chi connectivity index (χ2n) is 6.88. The molecule has 0 bridgehead atoms. The van der Waals surface area contributed by atoms with Crippen LogP contribution in [0.4, 0.5) is 5.82 Å². The van der Waals surface area contributed by atoms with E-state index in [2.05, 4.69) is 21.5 Å². The smallest absolute Gasteiger partial charge is 0.348 e. The number of imidazole rings is 1. The van der Waals surface area contributed by atoms with Gasteiger partial charge >= 0.3 is 11.9 Å². The summed E-state index contributed by atoms with van der Waals surface area (Å²) in [5, 5.41) is 40.3. The highest BCUT2D eigenvalue weighted by Gasteiger charge is 2.57. The van der Waals surface area contributed by atoms with Crippen LogP contribution in [0.2, 0.25) is 5.28 Å². The van der Waals surface area contributed by atoms with Crippen LogP contribution in [-0.2, 0) is 19.1 Å². The van der Waals surface area contributed by atoms with Crippen molar-refractivity contribution in [3.05, 3.63) is 24.3 Å². The van der Waals surface area contributed by atoms with Crippen molar-refractivity contribution < 1.29 is 39.5 Å². The minimum atomic E-state index is -2.79. The van der Waals surface area contributed by atoms with Crippen molar-refractivity contribution in [3.8, 4) is 12.3 Å². The predicted octanol–water partition coefficient (Wildman–Crippen LogP) is -0.815. The molecule has 13 nitrogen and oxygen atoms in total. The van der Waals surface area contributed by atoms with Crippen LogP contribution < -0.4 is 5.73 Å². The molecule has 3 rings (SSSR count). The van der Waals surface area contributed by atoms with Gasteiger partial charge in [-0.25, -0.2) is 14.6 Å². The first-order valence-corrected chi connectivity index (χ1v) is 9.28. The van der Waals surface area contributed by atoms with E-state index in [1.54, 1.807) is 0 Å². The molecule has 6 N–H and O–H groups in total. The molecule has 14 heteroatoms. The number of nitrogens with zero attached hydrogens (tertiary/aromatic N) is 4. The van der Waals surface area contributed by atoms with E-state index in [1.807, 2.05) is 5.92 Å². The van der Waals surface area contributed by atoms with E-state index in [1.165, 1.54) is 10.9 Å². The lowest BCUT2D eigenvalue weighted by molar-refractivity contribution is -0.190. The van der Waals surface area contributed by atoms with Gasteiger partial charge < -0.3 is 35.6 Å². The van der Waals surface area contributed by atoms with Gasteiger partial charge in [-0.15, -0.1) is 18.9 Å². The lowest BCUT2D eigenvalue weighted by Gasteiger charge is -2.30. The van der Waals surface area contributed by atoms with Crippen LogP contribution in [0.25, 0.3) is 11.2 Å². The van der Waals surface area contributed by atoms with E-state index in [9.17, 15) is 30.0 Å². The SMILES string of the molecule is C#CCC(OC[C@H]1O[C@@H](n2cnc3c(N)nc(Cl)nc32)[C@H](O)[C@@]1(O)C=C)(C(=O)O)C(=O)O. The molecule has 0 amide bonds. The summed E-state index contributed by atoms with van der Waals surface area (Å²) in [6.45, 7) is 2.69. The van der Waals surface area contributed by atoms with E-state index in [4.69, 9.17) is 33.2 Å². The Kier molecular flexibility index (Phi) is 6.09. The molecule has 1 saturated heterocycles. The van der Waals surface area contributed by atoms with Crippen LogP contribution in [0, 0.1) is 12.3 Å². The Bertz CT molecular complexity index is 1120. The molecule has 4 atom stereocenters. The lowest BCUT2D eigenvalue weighted by atomic mass is 9.92. The minimum Gasteiger partial charge on any atom is -0.479 e. The number of fused-ring (bicyclic) bond motifs is 1. The van der Waals surface area contributed by atoms with Gasteiger partial charge in [0, 0.05) is 0 Å². The molecule has 0 unspecified atom stereocenters. The molecule has 32 heavy (non-hydrogen) atoms. The second kappa shape index (κ2) is 8.34. The van der Waals surface area contributed by atoms with Gasteiger partial charge in [0.15, 0.2) is 17.7 Å². The number of hydrogen-bond donors (Lipinski definition) is 5. The molecule has 0 aliphatic carbocycles. The highest BCUT2D eigenvalue weighted by molar-refractivity contribution is 6.28. The number of carboxylic acid groups (broad SMARTS) is 2. The topological polar surface area (TPSA) is 203 Å². The Balaban J connectivity index is 1.96. The molecule has 0 aromatic carbocycles. The number of nitrogens with two attached hydrogens (primary N) is 1. The number of carbonyl (C=O) groups is 2. The summed E-state index contributed by atoms with van der Waals surface area (Å²) in [4.78, 5) is 35.0. The fourth-order valence-corrected chi connectivity index (χ4v) is 3.46. The number of hydrogen-bond acceptors (Lipinski definition) is 10. The fourth-order valence-electron chi connectivity index (χ4n) is 3.29. The van der Waals surface area contributed by atoms with E-state index < -0.39 is 54.6 Å². The van der Waals surface area contributed by atoms with Crippen LogP contribution in [0.15, 0.2) is 19.0 Å². The lowest BCUT2D eigenvalue weighted by Crippen LogP contribution is -2.53. The average molecular weight is 468 g/mol. The maximum Gasteiger partial charge on any atom is 0.348 e. The third kappa shape index (κ3) is 3.53. The van der Waals surface area contributed by atoms with E-state index in [0.29, 0.717) is 0 Å². The Morgan fingerprint density at radius 3 is 2.69 bits per heavy atom. The first kappa shape index (κ1) is 23.4. The van der Waals surface area contributed by atoms with Crippen molar-refractivity contribution >= 4 is 40.5 Å². The van der Waals surface area contributed by atoms with Gasteiger partial charge in [0.2, 0.25) is 5.28 Å². The van der Waals surface area contributed by atoms with Crippen molar-refractivity contribution in [1.82, 2.24) is 19.5 Å². The summed E-state index contributed by atoms with van der Waals surface area (Å²) in [7, 11) is 0. The molecule has 1 aliphatic heterocycles. The van der Waals surface area contributed by atoms with E-state index >= 15 is 0 Å². The third-order valence-electron chi connectivity index (χ3n) is 5.11. The zero-order valence-corrected chi connectivity index (χ0v) is 17.0. The number of aliphatic carboxylic acids is 2. The maximum absolute atomic E-state index is 11.6. The minimum absolute atomic E-state index is 0.0351. The number of terminal acetylenes is 1. The maximum atomic E-state index is 11.6. The van der Waals surface area contributed by atoms with Gasteiger partial charge in [0.05, 0.1) is 19.4 Å². The molecule has 3 heterocycles. The van der Waals surface area contributed by atoms with Crippen LogP contribution in [-0.4, -0.2) is 81.9 Å². The molecule has 2 aromatic rings. The van der Waals surface area contributed by atoms with E-state index in [0.717, 1.165) is 6.08 Å². The first-order valence-electron chi connectivity index (χ1n) is 8.91. The zero-order valence-electron chi connectivity index (χ0n) is 16.3. The monoisotopic (exact) mass is 467 g/mol. The Labute approximate surface area is 185 Å². The summed E-state index contributed by atoms with van der Waals surface area (Å²) >= 11 is 5.84. The quantitative estimate of drug-likeness (QED) is 0.140. The van der Waals surface area contributed by atoms with Crippen LogP contribution in [0.1, 0.15) is 12.6 Å². The molecule has 0 spiro atoms. The molecule has 0 saturated carbocycles. The van der Waals surface area contributed by atoms with Gasteiger partial charge in [-0.3, -0.25) is 4.57 Å². The Morgan fingerprint density at radius 2 is 2.12 bits per heavy atom. The fraction of sp³-hybridized carbons (Fsp3) is 0.389. The van der Waals surface area contributed by atoms with Crippen molar-refractivity contribution in [3.63, 3.8) is 0 Å². The Morgan fingerprint density at radius 1 is 1.47 bits per heavy atom. The number of aromatic nitrogens is 4. The predicted molar refractivity (Wildman–Crippen MR) is 107 cm³/mol. The highest BCUT2D eigenvalue weighted by atomic mass is 35.5. The molecule has 1 fully saturated rings.